The maximum Gasteiger partial charge on any atom is 0.271 e. The Morgan fingerprint density at radius 3 is 2.26 bits per heavy atom. The number of nitrogens with zero attached hydrogens (tertiary/aromatic N) is 4. The second-order valence-corrected chi connectivity index (χ2v) is 7.72. The van der Waals surface area contributed by atoms with Crippen LogP contribution in [0, 0.1) is 13.8 Å². The monoisotopic (exact) mass is 418 g/mol. The molecular weight excluding hydrogens is 392 g/mol. The summed E-state index contributed by atoms with van der Waals surface area (Å²) in [5.41, 5.74) is 3.52. The van der Waals surface area contributed by atoms with E-state index in [1.807, 2.05) is 36.9 Å². The van der Waals surface area contributed by atoms with Crippen molar-refractivity contribution in [3.8, 4) is 11.4 Å². The van der Waals surface area contributed by atoms with E-state index in [1.54, 1.807) is 43.5 Å². The number of carbonyl (C=O) groups excluding carboxylic acids is 1. The number of amides is 1. The van der Waals surface area contributed by atoms with Crippen LogP contribution in [-0.2, 0) is 0 Å². The Morgan fingerprint density at radius 2 is 1.61 bits per heavy atom. The van der Waals surface area contributed by atoms with E-state index in [0.717, 1.165) is 22.8 Å². The maximum atomic E-state index is 12.8. The number of hydrogen-bond donors (Lipinski definition) is 0. The van der Waals surface area contributed by atoms with Crippen molar-refractivity contribution in [2.75, 3.05) is 38.2 Å². The van der Waals surface area contributed by atoms with Gasteiger partial charge in [0.05, 0.1) is 12.8 Å². The van der Waals surface area contributed by atoms with Crippen LogP contribution in [0.15, 0.2) is 59.4 Å². The van der Waals surface area contributed by atoms with Crippen molar-refractivity contribution >= 4 is 11.7 Å². The van der Waals surface area contributed by atoms with Gasteiger partial charge in [-0.25, -0.2) is 0 Å². The van der Waals surface area contributed by atoms with Crippen molar-refractivity contribution in [3.05, 3.63) is 81.6 Å². The molecule has 1 aliphatic rings. The zero-order chi connectivity index (χ0) is 22.0. The summed E-state index contributed by atoms with van der Waals surface area (Å²) in [6, 6.07) is 16.3. The van der Waals surface area contributed by atoms with Crippen molar-refractivity contribution in [3.63, 3.8) is 0 Å². The summed E-state index contributed by atoms with van der Waals surface area (Å²) in [7, 11) is 1.60. The van der Waals surface area contributed by atoms with E-state index in [1.165, 1.54) is 10.2 Å². The third kappa shape index (κ3) is 4.30. The van der Waals surface area contributed by atoms with Crippen LogP contribution < -0.4 is 15.2 Å². The van der Waals surface area contributed by atoms with Crippen LogP contribution in [0.3, 0.4) is 0 Å². The Bertz CT molecular complexity index is 1150. The topological polar surface area (TPSA) is 67.7 Å². The summed E-state index contributed by atoms with van der Waals surface area (Å²) in [5, 5.41) is 4.60. The lowest BCUT2D eigenvalue weighted by Gasteiger charge is -2.35. The van der Waals surface area contributed by atoms with E-state index >= 15 is 0 Å². The van der Waals surface area contributed by atoms with Crippen LogP contribution in [0.25, 0.3) is 5.69 Å². The van der Waals surface area contributed by atoms with Crippen LogP contribution in [0.1, 0.15) is 21.5 Å². The Hall–Kier alpha value is -3.61. The molecule has 4 rings (SSSR count). The summed E-state index contributed by atoms with van der Waals surface area (Å²) in [4.78, 5) is 29.2. The normalized spacial score (nSPS) is 13.9. The predicted molar refractivity (Wildman–Crippen MR) is 120 cm³/mol. The summed E-state index contributed by atoms with van der Waals surface area (Å²) in [5.74, 6) is 1.47. The molecule has 0 unspecified atom stereocenters. The molecule has 0 aliphatic carbocycles. The molecule has 2 aromatic carbocycles. The molecule has 0 atom stereocenters. The molecule has 3 aromatic rings. The lowest BCUT2D eigenvalue weighted by atomic mass is 10.1. The Labute approximate surface area is 181 Å². The van der Waals surface area contributed by atoms with Gasteiger partial charge in [-0.2, -0.15) is 4.68 Å². The van der Waals surface area contributed by atoms with Crippen LogP contribution >= 0.6 is 0 Å². The first-order chi connectivity index (χ1) is 15.0. The van der Waals surface area contributed by atoms with Crippen LogP contribution in [-0.4, -0.2) is 53.9 Å². The number of aryl methyl sites for hydroxylation is 2. The summed E-state index contributed by atoms with van der Waals surface area (Å²) in [6.45, 7) is 6.55. The highest BCUT2D eigenvalue weighted by molar-refractivity contribution is 5.94. The Kier molecular flexibility index (Phi) is 5.75. The number of aromatic nitrogens is 2. The fourth-order valence-electron chi connectivity index (χ4n) is 3.67. The van der Waals surface area contributed by atoms with Crippen molar-refractivity contribution in [1.29, 1.82) is 0 Å². The molecule has 0 radical (unpaired) electrons. The molecule has 0 N–H and O–H groups in total. The molecule has 0 spiro atoms. The van der Waals surface area contributed by atoms with Crippen molar-refractivity contribution in [2.24, 2.45) is 0 Å². The van der Waals surface area contributed by atoms with E-state index in [-0.39, 0.29) is 11.5 Å². The van der Waals surface area contributed by atoms with E-state index in [0.29, 0.717) is 31.7 Å². The highest BCUT2D eigenvalue weighted by atomic mass is 16.5. The highest BCUT2D eigenvalue weighted by Gasteiger charge is 2.23. The largest absolute Gasteiger partial charge is 0.497 e. The van der Waals surface area contributed by atoms with Crippen LogP contribution in [0.4, 0.5) is 5.82 Å². The highest BCUT2D eigenvalue weighted by Crippen LogP contribution is 2.18. The number of carbonyl (C=O) groups is 1. The zero-order valence-electron chi connectivity index (χ0n) is 18.0. The SMILES string of the molecule is COc1ccc(C(=O)N2CCN(c3ccc(=O)n(-c4ccc(C)c(C)c4)n3)CC2)cc1. The van der Waals surface area contributed by atoms with Gasteiger partial charge in [-0.05, 0) is 67.4 Å². The minimum absolute atomic E-state index is 0.00960. The molecule has 1 aromatic heterocycles. The summed E-state index contributed by atoms with van der Waals surface area (Å²) < 4.78 is 6.60. The first kappa shape index (κ1) is 20.7. The number of rotatable bonds is 4. The van der Waals surface area contributed by atoms with Gasteiger partial charge >= 0.3 is 0 Å². The lowest BCUT2D eigenvalue weighted by molar-refractivity contribution is 0.0746. The number of ether oxygens (including phenoxy) is 1. The number of methoxy groups -OCH3 is 1. The molecule has 0 saturated carbocycles. The van der Waals surface area contributed by atoms with Gasteiger partial charge in [0.2, 0.25) is 0 Å². The van der Waals surface area contributed by atoms with E-state index in [4.69, 9.17) is 4.74 Å². The van der Waals surface area contributed by atoms with Crippen LogP contribution in [0.2, 0.25) is 0 Å². The molecule has 1 aliphatic heterocycles. The number of anilines is 1. The second kappa shape index (κ2) is 8.63. The molecule has 7 nitrogen and oxygen atoms in total. The molecule has 160 valence electrons. The average Bonchev–Trinajstić information content (AvgIpc) is 2.81. The number of piperazine rings is 1. The van der Waals surface area contributed by atoms with Gasteiger partial charge in [-0.1, -0.05) is 6.07 Å². The fraction of sp³-hybridized carbons (Fsp3) is 0.292. The molecule has 31 heavy (non-hydrogen) atoms. The second-order valence-electron chi connectivity index (χ2n) is 7.72. The first-order valence-corrected chi connectivity index (χ1v) is 10.3. The average molecular weight is 418 g/mol. The minimum atomic E-state index is -0.166. The van der Waals surface area contributed by atoms with Gasteiger partial charge in [0.15, 0.2) is 0 Å². The summed E-state index contributed by atoms with van der Waals surface area (Å²) in [6.07, 6.45) is 0. The molecule has 0 bridgehead atoms. The van der Waals surface area contributed by atoms with E-state index < -0.39 is 0 Å². The van der Waals surface area contributed by atoms with Crippen molar-refractivity contribution < 1.29 is 9.53 Å². The van der Waals surface area contributed by atoms with Crippen LogP contribution in [0.5, 0.6) is 5.75 Å². The maximum absolute atomic E-state index is 12.8. The third-order valence-corrected chi connectivity index (χ3v) is 5.75. The molecule has 7 heteroatoms. The van der Waals surface area contributed by atoms with Gasteiger partial charge < -0.3 is 14.5 Å². The van der Waals surface area contributed by atoms with Gasteiger partial charge in [0.1, 0.15) is 11.6 Å². The summed E-state index contributed by atoms with van der Waals surface area (Å²) >= 11 is 0. The third-order valence-electron chi connectivity index (χ3n) is 5.75. The molecule has 1 amide bonds. The molecule has 2 heterocycles. The lowest BCUT2D eigenvalue weighted by Crippen LogP contribution is -2.49. The molecule has 1 saturated heterocycles. The smallest absolute Gasteiger partial charge is 0.271 e. The Balaban J connectivity index is 1.48. The standard InChI is InChI=1S/C24H26N4O3/c1-17-4-7-20(16-18(17)2)28-23(29)11-10-22(25-28)26-12-14-27(15-13-26)24(30)19-5-8-21(31-3)9-6-19/h4-11,16H,12-15H2,1-3H3. The van der Waals surface area contributed by atoms with Gasteiger partial charge in [0.25, 0.3) is 11.5 Å². The first-order valence-electron chi connectivity index (χ1n) is 10.3. The molecule has 1 fully saturated rings. The van der Waals surface area contributed by atoms with Crippen molar-refractivity contribution in [1.82, 2.24) is 14.7 Å². The Morgan fingerprint density at radius 1 is 0.903 bits per heavy atom. The zero-order valence-corrected chi connectivity index (χ0v) is 18.0. The fourth-order valence-corrected chi connectivity index (χ4v) is 3.67. The van der Waals surface area contributed by atoms with Gasteiger partial charge in [-0.15, -0.1) is 5.10 Å². The number of hydrogen-bond acceptors (Lipinski definition) is 5. The molecular formula is C24H26N4O3. The quantitative estimate of drug-likeness (QED) is 0.652. The number of benzene rings is 2. The minimum Gasteiger partial charge on any atom is -0.497 e. The van der Waals surface area contributed by atoms with Crippen molar-refractivity contribution in [2.45, 2.75) is 13.8 Å². The van der Waals surface area contributed by atoms with E-state index in [2.05, 4.69) is 10.00 Å². The van der Waals surface area contributed by atoms with Gasteiger partial charge in [-0.3, -0.25) is 9.59 Å². The predicted octanol–water partition coefficient (Wildman–Crippen LogP) is 2.82. The van der Waals surface area contributed by atoms with Gasteiger partial charge in [0, 0.05) is 37.8 Å². The van der Waals surface area contributed by atoms with E-state index in [9.17, 15) is 9.59 Å².